The van der Waals surface area contributed by atoms with Crippen molar-refractivity contribution in [3.63, 3.8) is 0 Å². The number of hydrogen-bond donors (Lipinski definition) is 2. The standard InChI is InChI=1S/C21H27N5O2S2/c1-3-23-21-24-19-8-7-15(11-20(19)29-21)16-10-18(13-22-12-16)30(27,28)25-17-6-5-9-26(4-2)14-17/h7-8,10-13,17,25H,3-6,9,14H2,1-2H3,(H,23,24). The number of likely N-dealkylation sites (N-methyl/N-ethyl adjacent to an activating group) is 1. The van der Waals surface area contributed by atoms with Gasteiger partial charge in [0, 0.05) is 37.1 Å². The number of fused-ring (bicyclic) bond motifs is 1. The Kier molecular flexibility index (Phi) is 6.33. The first-order chi connectivity index (χ1) is 14.5. The summed E-state index contributed by atoms with van der Waals surface area (Å²) in [5, 5.41) is 4.12. The number of sulfonamides is 1. The van der Waals surface area contributed by atoms with Gasteiger partial charge in [-0.15, -0.1) is 0 Å². The summed E-state index contributed by atoms with van der Waals surface area (Å²) in [6.45, 7) is 7.67. The average Bonchev–Trinajstić information content (AvgIpc) is 3.15. The number of nitrogens with one attached hydrogen (secondary N) is 2. The van der Waals surface area contributed by atoms with E-state index in [1.165, 1.54) is 6.20 Å². The average molecular weight is 446 g/mol. The highest BCUT2D eigenvalue weighted by molar-refractivity contribution is 7.89. The Hall–Kier alpha value is -2.07. The molecule has 0 aliphatic carbocycles. The second-order valence-corrected chi connectivity index (χ2v) is 10.2. The quantitative estimate of drug-likeness (QED) is 0.578. The highest BCUT2D eigenvalue weighted by atomic mass is 32.2. The number of aromatic nitrogens is 2. The van der Waals surface area contributed by atoms with Crippen molar-refractivity contribution >= 4 is 36.7 Å². The van der Waals surface area contributed by atoms with Crippen LogP contribution in [-0.4, -0.2) is 55.5 Å². The lowest BCUT2D eigenvalue weighted by molar-refractivity contribution is 0.211. The van der Waals surface area contributed by atoms with E-state index in [2.05, 4.69) is 31.8 Å². The summed E-state index contributed by atoms with van der Waals surface area (Å²) in [5.41, 5.74) is 2.63. The van der Waals surface area contributed by atoms with Crippen molar-refractivity contribution in [3.8, 4) is 11.1 Å². The van der Waals surface area contributed by atoms with Crippen LogP contribution in [0.1, 0.15) is 26.7 Å². The third-order valence-corrected chi connectivity index (χ3v) is 7.81. The van der Waals surface area contributed by atoms with Crippen LogP contribution in [0.5, 0.6) is 0 Å². The van der Waals surface area contributed by atoms with E-state index in [0.29, 0.717) is 0 Å². The first-order valence-corrected chi connectivity index (χ1v) is 12.6. The molecule has 1 aliphatic rings. The Morgan fingerprint density at radius 3 is 2.87 bits per heavy atom. The normalized spacial score (nSPS) is 18.0. The Morgan fingerprint density at radius 2 is 2.07 bits per heavy atom. The highest BCUT2D eigenvalue weighted by Crippen LogP contribution is 2.31. The van der Waals surface area contributed by atoms with Crippen LogP contribution in [0.4, 0.5) is 5.13 Å². The van der Waals surface area contributed by atoms with Gasteiger partial charge in [0.05, 0.1) is 10.2 Å². The molecule has 30 heavy (non-hydrogen) atoms. The molecule has 0 amide bonds. The van der Waals surface area contributed by atoms with Crippen molar-refractivity contribution < 1.29 is 8.42 Å². The Bertz CT molecular complexity index is 1130. The maximum atomic E-state index is 13.0. The number of rotatable bonds is 7. The molecule has 3 aromatic rings. The topological polar surface area (TPSA) is 87.2 Å². The minimum absolute atomic E-state index is 0.0645. The monoisotopic (exact) mass is 445 g/mol. The van der Waals surface area contributed by atoms with Crippen molar-refractivity contribution in [2.24, 2.45) is 0 Å². The summed E-state index contributed by atoms with van der Waals surface area (Å²) >= 11 is 1.59. The number of likely N-dealkylation sites (tertiary alicyclic amines) is 1. The lowest BCUT2D eigenvalue weighted by atomic mass is 10.1. The summed E-state index contributed by atoms with van der Waals surface area (Å²) in [4.78, 5) is 11.2. The first-order valence-electron chi connectivity index (χ1n) is 10.3. The maximum Gasteiger partial charge on any atom is 0.242 e. The van der Waals surface area contributed by atoms with E-state index >= 15 is 0 Å². The van der Waals surface area contributed by atoms with Gasteiger partial charge in [0.2, 0.25) is 10.0 Å². The van der Waals surface area contributed by atoms with Crippen LogP contribution in [0, 0.1) is 0 Å². The fourth-order valence-corrected chi connectivity index (χ4v) is 6.00. The van der Waals surface area contributed by atoms with E-state index in [4.69, 9.17) is 0 Å². The predicted octanol–water partition coefficient (Wildman–Crippen LogP) is 3.55. The van der Waals surface area contributed by atoms with Crippen LogP contribution >= 0.6 is 11.3 Å². The summed E-state index contributed by atoms with van der Waals surface area (Å²) in [5.74, 6) is 0. The molecule has 4 rings (SSSR count). The largest absolute Gasteiger partial charge is 0.362 e. The zero-order valence-electron chi connectivity index (χ0n) is 17.3. The van der Waals surface area contributed by atoms with Gasteiger partial charge in [-0.3, -0.25) is 4.98 Å². The zero-order chi connectivity index (χ0) is 21.1. The van der Waals surface area contributed by atoms with Crippen LogP contribution in [0.2, 0.25) is 0 Å². The predicted molar refractivity (Wildman–Crippen MR) is 122 cm³/mol. The van der Waals surface area contributed by atoms with Gasteiger partial charge in [0.1, 0.15) is 4.90 Å². The summed E-state index contributed by atoms with van der Waals surface area (Å²) < 4.78 is 29.9. The van der Waals surface area contributed by atoms with Gasteiger partial charge >= 0.3 is 0 Å². The zero-order valence-corrected chi connectivity index (χ0v) is 18.9. The van der Waals surface area contributed by atoms with Crippen molar-refractivity contribution in [3.05, 3.63) is 36.7 Å². The molecule has 0 radical (unpaired) electrons. The smallest absolute Gasteiger partial charge is 0.242 e. The SMILES string of the molecule is CCNc1nc2ccc(-c3cncc(S(=O)(=O)NC4CCCN(CC)C4)c3)cc2s1. The van der Waals surface area contributed by atoms with Gasteiger partial charge in [-0.1, -0.05) is 24.3 Å². The van der Waals surface area contributed by atoms with Gasteiger partial charge in [-0.05, 0) is 56.6 Å². The van der Waals surface area contributed by atoms with Crippen molar-refractivity contribution in [1.82, 2.24) is 19.6 Å². The Labute approximate surface area is 181 Å². The Balaban J connectivity index is 1.58. The van der Waals surface area contributed by atoms with Crippen molar-refractivity contribution in [2.75, 3.05) is 31.5 Å². The minimum Gasteiger partial charge on any atom is -0.362 e. The fourth-order valence-electron chi connectivity index (χ4n) is 3.78. The molecule has 0 bridgehead atoms. The third kappa shape index (κ3) is 4.64. The number of benzene rings is 1. The van der Waals surface area contributed by atoms with E-state index in [9.17, 15) is 8.42 Å². The summed E-state index contributed by atoms with van der Waals surface area (Å²) in [6.07, 6.45) is 4.98. The molecule has 0 spiro atoms. The number of hydrogen-bond acceptors (Lipinski definition) is 7. The molecule has 2 aromatic heterocycles. The van der Waals surface area contributed by atoms with Crippen LogP contribution in [0.15, 0.2) is 41.6 Å². The highest BCUT2D eigenvalue weighted by Gasteiger charge is 2.25. The molecule has 1 aliphatic heterocycles. The van der Waals surface area contributed by atoms with Crippen molar-refractivity contribution in [1.29, 1.82) is 0 Å². The number of piperidine rings is 1. The van der Waals surface area contributed by atoms with Gasteiger partial charge in [0.15, 0.2) is 5.13 Å². The van der Waals surface area contributed by atoms with E-state index in [0.717, 1.165) is 65.5 Å². The second-order valence-electron chi connectivity index (χ2n) is 7.49. The van der Waals surface area contributed by atoms with Gasteiger partial charge < -0.3 is 10.2 Å². The number of anilines is 1. The molecule has 2 N–H and O–H groups in total. The molecule has 1 atom stereocenters. The van der Waals surface area contributed by atoms with Gasteiger partial charge in [0.25, 0.3) is 0 Å². The molecule has 1 saturated heterocycles. The fraction of sp³-hybridized carbons (Fsp3) is 0.429. The lowest BCUT2D eigenvalue weighted by Crippen LogP contribution is -2.47. The minimum atomic E-state index is -3.63. The van der Waals surface area contributed by atoms with Crippen LogP contribution in [0.3, 0.4) is 0 Å². The van der Waals surface area contributed by atoms with E-state index in [-0.39, 0.29) is 10.9 Å². The molecule has 7 nitrogen and oxygen atoms in total. The molecular weight excluding hydrogens is 418 g/mol. The second kappa shape index (κ2) is 8.97. The van der Waals surface area contributed by atoms with Gasteiger partial charge in [-0.25, -0.2) is 18.1 Å². The molecule has 1 fully saturated rings. The van der Waals surface area contributed by atoms with E-state index < -0.39 is 10.0 Å². The van der Waals surface area contributed by atoms with Crippen LogP contribution in [-0.2, 0) is 10.0 Å². The molecule has 0 saturated carbocycles. The molecule has 9 heteroatoms. The lowest BCUT2D eigenvalue weighted by Gasteiger charge is -2.32. The number of thiazole rings is 1. The van der Waals surface area contributed by atoms with Crippen molar-refractivity contribution in [2.45, 2.75) is 37.6 Å². The molecule has 160 valence electrons. The number of pyridine rings is 1. The van der Waals surface area contributed by atoms with Crippen LogP contribution in [0.25, 0.3) is 21.3 Å². The first kappa shape index (κ1) is 21.2. The Morgan fingerprint density at radius 1 is 1.20 bits per heavy atom. The number of nitrogens with zero attached hydrogens (tertiary/aromatic N) is 3. The summed E-state index contributed by atoms with van der Waals surface area (Å²) in [6, 6.07) is 7.59. The third-order valence-electron chi connectivity index (χ3n) is 5.35. The van der Waals surface area contributed by atoms with Crippen LogP contribution < -0.4 is 10.0 Å². The maximum absolute atomic E-state index is 13.0. The molecular formula is C21H27N5O2S2. The molecule has 1 aromatic carbocycles. The molecule has 3 heterocycles. The van der Waals surface area contributed by atoms with E-state index in [1.807, 2.05) is 25.1 Å². The molecule has 1 unspecified atom stereocenters. The van der Waals surface area contributed by atoms with Gasteiger partial charge in [-0.2, -0.15) is 0 Å². The van der Waals surface area contributed by atoms with E-state index in [1.54, 1.807) is 23.6 Å². The summed E-state index contributed by atoms with van der Waals surface area (Å²) in [7, 11) is -3.63.